The van der Waals surface area contributed by atoms with Crippen LogP contribution in [0.3, 0.4) is 0 Å². The lowest BCUT2D eigenvalue weighted by Crippen LogP contribution is -2.22. The molecule has 0 fully saturated rings. The van der Waals surface area contributed by atoms with E-state index in [0.717, 1.165) is 34.2 Å². The van der Waals surface area contributed by atoms with Crippen molar-refractivity contribution in [2.75, 3.05) is 11.4 Å². The summed E-state index contributed by atoms with van der Waals surface area (Å²) in [7, 11) is 0. The van der Waals surface area contributed by atoms with Crippen molar-refractivity contribution in [2.45, 2.75) is 33.2 Å². The Labute approximate surface area is 123 Å². The molecule has 0 amide bonds. The second kappa shape index (κ2) is 6.61. The molecule has 2 aromatic heterocycles. The maximum absolute atomic E-state index is 11.2. The zero-order valence-electron chi connectivity index (χ0n) is 12.0. The molecule has 4 nitrogen and oxygen atoms in total. The Kier molecular flexibility index (Phi) is 4.84. The number of rotatable bonds is 6. The molecular weight excluding hydrogens is 270 g/mol. The summed E-state index contributed by atoms with van der Waals surface area (Å²) >= 11 is 1.46. The molecule has 2 heterocycles. The van der Waals surface area contributed by atoms with Gasteiger partial charge in [-0.1, -0.05) is 31.3 Å². The Morgan fingerprint density at radius 3 is 2.70 bits per heavy atom. The summed E-state index contributed by atoms with van der Waals surface area (Å²) in [4.78, 5) is 23.0. The molecule has 0 aliphatic rings. The highest BCUT2D eigenvalue weighted by atomic mass is 32.1. The summed E-state index contributed by atoms with van der Waals surface area (Å²) in [6, 6.07) is 5.89. The number of hydrogen-bond acceptors (Lipinski definition) is 5. The fraction of sp³-hybridized carbons (Fsp3) is 0.400. The van der Waals surface area contributed by atoms with Gasteiger partial charge in [0.05, 0.1) is 22.8 Å². The highest BCUT2D eigenvalue weighted by Crippen LogP contribution is 2.30. The van der Waals surface area contributed by atoms with Gasteiger partial charge in [0.2, 0.25) is 0 Å². The lowest BCUT2D eigenvalue weighted by atomic mass is 10.1. The van der Waals surface area contributed by atoms with Crippen LogP contribution in [0.15, 0.2) is 24.4 Å². The number of aromatic nitrogens is 2. The van der Waals surface area contributed by atoms with Crippen LogP contribution in [-0.2, 0) is 6.54 Å². The minimum atomic E-state index is 0.258. The average Bonchev–Trinajstić information content (AvgIpc) is 2.90. The van der Waals surface area contributed by atoms with Crippen molar-refractivity contribution >= 4 is 22.8 Å². The van der Waals surface area contributed by atoms with Crippen molar-refractivity contribution in [1.29, 1.82) is 0 Å². The van der Waals surface area contributed by atoms with Gasteiger partial charge in [-0.3, -0.25) is 9.78 Å². The van der Waals surface area contributed by atoms with Gasteiger partial charge in [-0.15, -0.1) is 0 Å². The van der Waals surface area contributed by atoms with Gasteiger partial charge in [-0.2, -0.15) is 0 Å². The van der Waals surface area contributed by atoms with Crippen molar-refractivity contribution < 1.29 is 4.79 Å². The van der Waals surface area contributed by atoms with Crippen molar-refractivity contribution in [1.82, 2.24) is 9.97 Å². The molecule has 0 radical (unpaired) electrons. The second-order valence-electron chi connectivity index (χ2n) is 4.85. The van der Waals surface area contributed by atoms with E-state index in [2.05, 4.69) is 35.6 Å². The monoisotopic (exact) mass is 289 g/mol. The molecule has 0 atom stereocenters. The minimum Gasteiger partial charge on any atom is -0.342 e. The number of carbonyl (C=O) groups excluding carboxylic acids is 1. The van der Waals surface area contributed by atoms with Gasteiger partial charge in [0.1, 0.15) is 0 Å². The number of carbonyl (C=O) groups is 1. The summed E-state index contributed by atoms with van der Waals surface area (Å²) in [5.74, 6) is 0.258. The predicted molar refractivity (Wildman–Crippen MR) is 82.6 cm³/mol. The molecule has 2 rings (SSSR count). The molecular formula is C15H19N3OS. The number of pyridine rings is 1. The molecule has 106 valence electrons. The van der Waals surface area contributed by atoms with Crippen LogP contribution >= 0.6 is 11.3 Å². The van der Waals surface area contributed by atoms with Gasteiger partial charge in [-0.25, -0.2) is 4.98 Å². The number of anilines is 1. The third-order valence-electron chi connectivity index (χ3n) is 3.05. The third-order valence-corrected chi connectivity index (χ3v) is 4.11. The molecule has 0 bridgehead atoms. The minimum absolute atomic E-state index is 0.258. The first-order chi connectivity index (χ1) is 9.65. The fourth-order valence-electron chi connectivity index (χ4n) is 1.97. The Hall–Kier alpha value is -1.75. The molecule has 5 heteroatoms. The van der Waals surface area contributed by atoms with Crippen molar-refractivity contribution in [3.8, 4) is 0 Å². The van der Waals surface area contributed by atoms with Crippen LogP contribution in [0.5, 0.6) is 0 Å². The lowest BCUT2D eigenvalue weighted by molar-refractivity contribution is 0.112. The summed E-state index contributed by atoms with van der Waals surface area (Å²) in [6.07, 6.45) is 2.70. The van der Waals surface area contributed by atoms with Crippen LogP contribution in [-0.4, -0.2) is 22.8 Å². The van der Waals surface area contributed by atoms with E-state index < -0.39 is 0 Å². The molecule has 0 aliphatic carbocycles. The van der Waals surface area contributed by atoms with E-state index in [1.165, 1.54) is 11.3 Å². The topological polar surface area (TPSA) is 46.1 Å². The van der Waals surface area contributed by atoms with E-state index in [1.54, 1.807) is 6.20 Å². The van der Waals surface area contributed by atoms with Crippen LogP contribution in [0.2, 0.25) is 0 Å². The Morgan fingerprint density at radius 2 is 2.20 bits per heavy atom. The zero-order valence-corrected chi connectivity index (χ0v) is 12.9. The first-order valence-electron chi connectivity index (χ1n) is 6.76. The highest BCUT2D eigenvalue weighted by Gasteiger charge is 2.17. The van der Waals surface area contributed by atoms with Gasteiger partial charge >= 0.3 is 0 Å². The first-order valence-corrected chi connectivity index (χ1v) is 7.58. The van der Waals surface area contributed by atoms with Gasteiger partial charge in [0.15, 0.2) is 11.4 Å². The summed E-state index contributed by atoms with van der Waals surface area (Å²) in [5, 5.41) is 0.893. The summed E-state index contributed by atoms with van der Waals surface area (Å²) in [5.41, 5.74) is 1.89. The van der Waals surface area contributed by atoms with Crippen molar-refractivity contribution in [3.05, 3.63) is 40.7 Å². The Balaban J connectivity index is 2.25. The molecule has 20 heavy (non-hydrogen) atoms. The van der Waals surface area contributed by atoms with E-state index in [4.69, 9.17) is 0 Å². The van der Waals surface area contributed by atoms with Crippen LogP contribution in [0.1, 0.15) is 47.7 Å². The number of hydrogen-bond donors (Lipinski definition) is 0. The SMILES string of the molecule is CCN(Cc1ccccn1)c1nc(C(C)C)c(C=O)s1. The summed E-state index contributed by atoms with van der Waals surface area (Å²) < 4.78 is 0. The van der Waals surface area contributed by atoms with E-state index in [0.29, 0.717) is 6.54 Å². The van der Waals surface area contributed by atoms with Gasteiger partial charge in [0, 0.05) is 12.7 Å². The highest BCUT2D eigenvalue weighted by molar-refractivity contribution is 7.17. The van der Waals surface area contributed by atoms with Gasteiger partial charge in [-0.05, 0) is 25.0 Å². The standard InChI is InChI=1S/C15H19N3OS/c1-4-18(9-12-7-5-6-8-16-12)15-17-14(11(2)3)13(10-19)20-15/h5-8,10-11H,4,9H2,1-3H3. The maximum atomic E-state index is 11.2. The number of aldehydes is 1. The molecule has 0 N–H and O–H groups in total. The number of nitrogens with zero attached hydrogens (tertiary/aromatic N) is 3. The van der Waals surface area contributed by atoms with Gasteiger partial charge < -0.3 is 4.90 Å². The summed E-state index contributed by atoms with van der Waals surface area (Å²) in [6.45, 7) is 7.74. The van der Waals surface area contributed by atoms with Crippen LogP contribution in [0.25, 0.3) is 0 Å². The molecule has 2 aromatic rings. The second-order valence-corrected chi connectivity index (χ2v) is 5.86. The Morgan fingerprint density at radius 1 is 1.40 bits per heavy atom. The number of thiazole rings is 1. The molecule has 0 unspecified atom stereocenters. The van der Waals surface area contributed by atoms with E-state index in [9.17, 15) is 4.79 Å². The molecule has 0 spiro atoms. The lowest BCUT2D eigenvalue weighted by Gasteiger charge is -2.19. The van der Waals surface area contributed by atoms with Crippen LogP contribution in [0, 0.1) is 0 Å². The van der Waals surface area contributed by atoms with Crippen molar-refractivity contribution in [2.24, 2.45) is 0 Å². The normalized spacial score (nSPS) is 10.8. The van der Waals surface area contributed by atoms with Crippen molar-refractivity contribution in [3.63, 3.8) is 0 Å². The maximum Gasteiger partial charge on any atom is 0.186 e. The molecule has 0 aliphatic heterocycles. The van der Waals surface area contributed by atoms with E-state index >= 15 is 0 Å². The molecule has 0 saturated heterocycles. The van der Waals surface area contributed by atoms with Crippen LogP contribution < -0.4 is 4.90 Å². The van der Waals surface area contributed by atoms with Crippen LogP contribution in [0.4, 0.5) is 5.13 Å². The predicted octanol–water partition coefficient (Wildman–Crippen LogP) is 3.50. The van der Waals surface area contributed by atoms with E-state index in [-0.39, 0.29) is 5.92 Å². The first kappa shape index (κ1) is 14.7. The Bertz CT molecular complexity index is 566. The average molecular weight is 289 g/mol. The van der Waals surface area contributed by atoms with E-state index in [1.807, 2.05) is 18.2 Å². The van der Waals surface area contributed by atoms with Gasteiger partial charge in [0.25, 0.3) is 0 Å². The molecule has 0 aromatic carbocycles. The largest absolute Gasteiger partial charge is 0.342 e. The quantitative estimate of drug-likeness (QED) is 0.764. The molecule has 0 saturated carbocycles. The fourth-order valence-corrected chi connectivity index (χ4v) is 3.06. The smallest absolute Gasteiger partial charge is 0.186 e. The zero-order chi connectivity index (χ0) is 14.5. The third kappa shape index (κ3) is 3.22.